The molecule has 1 amide bonds. The first-order valence-corrected chi connectivity index (χ1v) is 6.28. The summed E-state index contributed by atoms with van der Waals surface area (Å²) in [6, 6.07) is -0.753. The molecule has 2 heterocycles. The molecule has 1 saturated heterocycles. The predicted molar refractivity (Wildman–Crippen MR) is 66.3 cm³/mol. The molecule has 128 valence electrons. The summed E-state index contributed by atoms with van der Waals surface area (Å²) >= 11 is 0. The number of carbonyl (C=O) groups is 1. The molecule has 0 radical (unpaired) electrons. The summed E-state index contributed by atoms with van der Waals surface area (Å²) in [6.45, 7) is -0.756. The summed E-state index contributed by atoms with van der Waals surface area (Å²) in [5.41, 5.74) is -1.76. The van der Waals surface area contributed by atoms with E-state index in [-0.39, 0.29) is 0 Å². The van der Waals surface area contributed by atoms with E-state index in [9.17, 15) is 32.7 Å². The first-order valence-electron chi connectivity index (χ1n) is 6.28. The number of nitrogens with one attached hydrogen (secondary N) is 2. The highest BCUT2D eigenvalue weighted by molar-refractivity contribution is 5.82. The van der Waals surface area contributed by atoms with E-state index < -0.39 is 54.4 Å². The van der Waals surface area contributed by atoms with Gasteiger partial charge in [-0.2, -0.15) is 13.2 Å². The highest BCUT2D eigenvalue weighted by Crippen LogP contribution is 2.29. The fourth-order valence-corrected chi connectivity index (χ4v) is 2.15. The molecule has 12 heteroatoms. The summed E-state index contributed by atoms with van der Waals surface area (Å²) < 4.78 is 42.9. The van der Waals surface area contributed by atoms with Crippen molar-refractivity contribution in [1.29, 1.82) is 0 Å². The summed E-state index contributed by atoms with van der Waals surface area (Å²) in [5.74, 6) is -2.34. The zero-order chi connectivity index (χ0) is 17.4. The number of nitrogens with zero attached hydrogens (tertiary/aromatic N) is 1. The third-order valence-electron chi connectivity index (χ3n) is 3.23. The average molecular weight is 339 g/mol. The third-order valence-corrected chi connectivity index (χ3v) is 3.23. The Balaban J connectivity index is 2.37. The van der Waals surface area contributed by atoms with Crippen LogP contribution in [0.3, 0.4) is 0 Å². The Morgan fingerprint density at radius 1 is 1.43 bits per heavy atom. The van der Waals surface area contributed by atoms with Crippen molar-refractivity contribution in [3.8, 4) is 0 Å². The van der Waals surface area contributed by atoms with Crippen molar-refractivity contribution in [2.45, 2.75) is 30.7 Å². The highest BCUT2D eigenvalue weighted by Gasteiger charge is 2.49. The summed E-state index contributed by atoms with van der Waals surface area (Å²) in [7, 11) is 0. The number of hydrogen-bond acceptors (Lipinski definition) is 6. The molecule has 0 spiro atoms. The lowest BCUT2D eigenvalue weighted by Crippen LogP contribution is -2.52. The van der Waals surface area contributed by atoms with Crippen molar-refractivity contribution in [2.24, 2.45) is 0 Å². The summed E-state index contributed by atoms with van der Waals surface area (Å²) in [5, 5.41) is 20.5. The average Bonchev–Trinajstić information content (AvgIpc) is 2.75. The van der Waals surface area contributed by atoms with Crippen molar-refractivity contribution in [3.63, 3.8) is 0 Å². The number of aliphatic hydroxyl groups excluding tert-OH is 2. The highest BCUT2D eigenvalue weighted by atomic mass is 19.4. The Morgan fingerprint density at radius 2 is 2.09 bits per heavy atom. The minimum absolute atomic E-state index is 0.696. The van der Waals surface area contributed by atoms with Crippen molar-refractivity contribution < 1.29 is 32.9 Å². The number of alkyl halides is 3. The number of hydrogen-bond donors (Lipinski definition) is 4. The molecule has 1 aliphatic rings. The van der Waals surface area contributed by atoms with E-state index in [1.54, 1.807) is 0 Å². The zero-order valence-corrected chi connectivity index (χ0v) is 11.3. The Hall–Kier alpha value is -2.18. The monoisotopic (exact) mass is 339 g/mol. The number of carbonyl (C=O) groups excluding carboxylic acids is 1. The molecule has 0 bridgehead atoms. The minimum Gasteiger partial charge on any atom is -0.394 e. The van der Waals surface area contributed by atoms with Crippen molar-refractivity contribution in [2.75, 3.05) is 6.61 Å². The van der Waals surface area contributed by atoms with Crippen LogP contribution in [-0.2, 0) is 9.53 Å². The summed E-state index contributed by atoms with van der Waals surface area (Å²) in [6.07, 6.45) is -8.84. The van der Waals surface area contributed by atoms with Gasteiger partial charge >= 0.3 is 17.8 Å². The number of ether oxygens (including phenoxy) is 1. The van der Waals surface area contributed by atoms with Crippen LogP contribution in [-0.4, -0.2) is 56.7 Å². The number of halogens is 3. The van der Waals surface area contributed by atoms with Gasteiger partial charge in [-0.3, -0.25) is 19.1 Å². The van der Waals surface area contributed by atoms with Crippen molar-refractivity contribution >= 4 is 5.91 Å². The maximum absolute atomic E-state index is 12.4. The molecule has 0 aromatic carbocycles. The first kappa shape index (κ1) is 17.2. The molecule has 23 heavy (non-hydrogen) atoms. The minimum atomic E-state index is -5.21. The van der Waals surface area contributed by atoms with Gasteiger partial charge in [-0.1, -0.05) is 0 Å². The van der Waals surface area contributed by atoms with Gasteiger partial charge in [0.15, 0.2) is 6.23 Å². The van der Waals surface area contributed by atoms with Gasteiger partial charge in [0.25, 0.3) is 5.56 Å². The molecule has 4 unspecified atom stereocenters. The van der Waals surface area contributed by atoms with Crippen LogP contribution < -0.4 is 16.6 Å². The standard InChI is InChI=1S/C11H12F3N3O6/c12-11(13,14)9(21)16-6-7(20)4(3-18)23-8(6)17-2-1-5(19)15-10(17)22/h1-2,4,6-8,18,20H,3H2,(H,16,21)(H,15,19,22). The lowest BCUT2D eigenvalue weighted by Gasteiger charge is -2.23. The number of aliphatic hydroxyl groups is 2. The van der Waals surface area contributed by atoms with Crippen LogP contribution in [0, 0.1) is 0 Å². The quantitative estimate of drug-likeness (QED) is 0.495. The fourth-order valence-electron chi connectivity index (χ4n) is 2.15. The number of H-pyrrole nitrogens is 1. The molecule has 0 aliphatic carbocycles. The lowest BCUT2D eigenvalue weighted by atomic mass is 10.1. The van der Waals surface area contributed by atoms with Gasteiger partial charge < -0.3 is 20.3 Å². The van der Waals surface area contributed by atoms with Crippen LogP contribution in [0.2, 0.25) is 0 Å². The van der Waals surface area contributed by atoms with Crippen LogP contribution in [0.4, 0.5) is 13.2 Å². The van der Waals surface area contributed by atoms with E-state index in [4.69, 9.17) is 9.84 Å². The zero-order valence-electron chi connectivity index (χ0n) is 11.3. The smallest absolute Gasteiger partial charge is 0.394 e. The van der Waals surface area contributed by atoms with Gasteiger partial charge in [-0.25, -0.2) is 4.79 Å². The maximum Gasteiger partial charge on any atom is 0.471 e. The van der Waals surface area contributed by atoms with E-state index >= 15 is 0 Å². The second kappa shape index (κ2) is 6.14. The van der Waals surface area contributed by atoms with E-state index in [1.165, 1.54) is 5.32 Å². The molecule has 1 aliphatic heterocycles. The molecular weight excluding hydrogens is 327 g/mol. The normalized spacial score (nSPS) is 27.9. The van der Waals surface area contributed by atoms with Gasteiger partial charge in [0, 0.05) is 12.3 Å². The lowest BCUT2D eigenvalue weighted by molar-refractivity contribution is -0.175. The number of rotatable bonds is 3. The Kier molecular flexibility index (Phi) is 4.58. The molecule has 1 aromatic heterocycles. The Morgan fingerprint density at radius 3 is 2.61 bits per heavy atom. The van der Waals surface area contributed by atoms with E-state index in [2.05, 4.69) is 0 Å². The van der Waals surface area contributed by atoms with Crippen molar-refractivity contribution in [3.05, 3.63) is 33.1 Å². The largest absolute Gasteiger partial charge is 0.471 e. The predicted octanol–water partition coefficient (Wildman–Crippen LogP) is -2.17. The van der Waals surface area contributed by atoms with Gasteiger partial charge in [0.2, 0.25) is 0 Å². The van der Waals surface area contributed by atoms with Crippen LogP contribution in [0.1, 0.15) is 6.23 Å². The second-order valence-electron chi connectivity index (χ2n) is 4.75. The summed E-state index contributed by atoms with van der Waals surface area (Å²) in [4.78, 5) is 35.6. The van der Waals surface area contributed by atoms with Crippen LogP contribution >= 0.6 is 0 Å². The third kappa shape index (κ3) is 3.43. The fraction of sp³-hybridized carbons (Fsp3) is 0.545. The Bertz CT molecular complexity index is 699. The van der Waals surface area contributed by atoms with E-state index in [0.717, 1.165) is 12.3 Å². The van der Waals surface area contributed by atoms with E-state index in [1.807, 2.05) is 4.98 Å². The molecular formula is C11H12F3N3O6. The number of amides is 1. The van der Waals surface area contributed by atoms with Crippen LogP contribution in [0.25, 0.3) is 0 Å². The molecule has 4 N–H and O–H groups in total. The SMILES string of the molecule is O=C(NC1C(O)C(CO)OC1n1ccc(=O)[nH]c1=O)C(F)(F)F. The van der Waals surface area contributed by atoms with Gasteiger partial charge in [-0.05, 0) is 0 Å². The molecule has 4 atom stereocenters. The number of aromatic amines is 1. The number of aromatic nitrogens is 2. The van der Waals surface area contributed by atoms with E-state index in [0.29, 0.717) is 4.57 Å². The first-order chi connectivity index (χ1) is 10.6. The second-order valence-corrected chi connectivity index (χ2v) is 4.75. The van der Waals surface area contributed by atoms with Gasteiger partial charge in [-0.15, -0.1) is 0 Å². The van der Waals surface area contributed by atoms with Crippen molar-refractivity contribution in [1.82, 2.24) is 14.9 Å². The molecule has 9 nitrogen and oxygen atoms in total. The maximum atomic E-state index is 12.4. The van der Waals surface area contributed by atoms with Crippen LogP contribution in [0.5, 0.6) is 0 Å². The van der Waals surface area contributed by atoms with Crippen LogP contribution in [0.15, 0.2) is 21.9 Å². The molecule has 0 saturated carbocycles. The topological polar surface area (TPSA) is 134 Å². The van der Waals surface area contributed by atoms with Gasteiger partial charge in [0.1, 0.15) is 18.2 Å². The Labute approximate surface area is 125 Å². The van der Waals surface area contributed by atoms with Gasteiger partial charge in [0.05, 0.1) is 6.61 Å². The molecule has 1 fully saturated rings. The molecule has 1 aromatic rings. The molecule has 2 rings (SSSR count).